The second-order valence-electron chi connectivity index (χ2n) is 8.86. The number of ether oxygens (including phenoxy) is 1. The molecule has 0 fully saturated rings. The van der Waals surface area contributed by atoms with Crippen LogP contribution in [0.25, 0.3) is 37.9 Å². The first kappa shape index (κ1) is 25.1. The molecule has 0 aliphatic carbocycles. The molecule has 0 radical (unpaired) electrons. The Hall–Kier alpha value is -4.21. The lowest BCUT2D eigenvalue weighted by molar-refractivity contribution is 0.338. The second-order valence-corrected chi connectivity index (χ2v) is 11.0. The van der Waals surface area contributed by atoms with Gasteiger partial charge in [0.25, 0.3) is 11.1 Å². The van der Waals surface area contributed by atoms with Gasteiger partial charge in [-0.15, -0.1) is 11.3 Å². The molecule has 3 aromatic heterocycles. The Bertz CT molecular complexity index is 1930. The van der Waals surface area contributed by atoms with Crippen molar-refractivity contribution in [2.75, 3.05) is 6.61 Å². The monoisotopic (exact) mass is 552 g/mol. The number of thioether (sulfide) groups is 1. The van der Waals surface area contributed by atoms with Crippen LogP contribution in [-0.2, 0) is 0 Å². The lowest BCUT2D eigenvalue weighted by atomic mass is 10.1. The van der Waals surface area contributed by atoms with E-state index in [4.69, 9.17) is 14.7 Å². The lowest BCUT2D eigenvalue weighted by Gasteiger charge is -2.18. The van der Waals surface area contributed by atoms with Gasteiger partial charge in [-0.3, -0.25) is 14.2 Å². The summed E-state index contributed by atoms with van der Waals surface area (Å²) in [5, 5.41) is 3.25. The van der Waals surface area contributed by atoms with Gasteiger partial charge < -0.3 is 9.72 Å². The number of nitrogens with one attached hydrogen (secondary N) is 1. The van der Waals surface area contributed by atoms with Gasteiger partial charge in [-0.1, -0.05) is 66.4 Å². The van der Waals surface area contributed by atoms with Gasteiger partial charge in [0.15, 0.2) is 5.16 Å². The number of aromatic nitrogens is 4. The standard InChI is InChI=1S/C30H24N4O3S2/c1-3-37-24-16-10-9-15-23(24)34-29(36)20-13-7-8-14-22(20)31-30(34)39-18(2)26-32-27(35)25-21(17-38-28(25)33-26)19-11-5-4-6-12-19/h4-18H,3H2,1-2H3,(H,32,33,35)/t18-/m1/s1. The maximum atomic E-state index is 13.8. The minimum absolute atomic E-state index is 0.187. The predicted octanol–water partition coefficient (Wildman–Crippen LogP) is 6.60. The Balaban J connectivity index is 1.45. The third-order valence-electron chi connectivity index (χ3n) is 6.37. The Morgan fingerprint density at radius 2 is 1.72 bits per heavy atom. The molecular formula is C30H24N4O3S2. The van der Waals surface area contributed by atoms with E-state index < -0.39 is 0 Å². The van der Waals surface area contributed by atoms with Crippen LogP contribution < -0.4 is 15.9 Å². The van der Waals surface area contributed by atoms with Gasteiger partial charge in [-0.2, -0.15) is 0 Å². The molecule has 1 atom stereocenters. The molecule has 6 rings (SSSR count). The van der Waals surface area contributed by atoms with Crippen LogP contribution in [0, 0.1) is 0 Å². The van der Waals surface area contributed by atoms with Crippen molar-refractivity contribution < 1.29 is 4.74 Å². The summed E-state index contributed by atoms with van der Waals surface area (Å²) in [6.45, 7) is 4.31. The molecule has 1 N–H and O–H groups in total. The Labute approximate surface area is 232 Å². The van der Waals surface area contributed by atoms with Crippen molar-refractivity contribution >= 4 is 44.2 Å². The molecule has 0 amide bonds. The highest BCUT2D eigenvalue weighted by Gasteiger charge is 2.22. The summed E-state index contributed by atoms with van der Waals surface area (Å²) >= 11 is 2.81. The first-order chi connectivity index (χ1) is 19.0. The van der Waals surface area contributed by atoms with Crippen molar-refractivity contribution in [3.8, 4) is 22.6 Å². The van der Waals surface area contributed by atoms with Crippen LogP contribution in [-0.4, -0.2) is 26.1 Å². The summed E-state index contributed by atoms with van der Waals surface area (Å²) in [6.07, 6.45) is 0. The first-order valence-electron chi connectivity index (χ1n) is 12.5. The smallest absolute Gasteiger partial charge is 0.266 e. The van der Waals surface area contributed by atoms with Gasteiger partial charge in [-0.05, 0) is 43.7 Å². The van der Waals surface area contributed by atoms with E-state index >= 15 is 0 Å². The highest BCUT2D eigenvalue weighted by Crippen LogP contribution is 2.36. The molecule has 0 aliphatic heterocycles. The number of hydrogen-bond acceptors (Lipinski definition) is 7. The third-order valence-corrected chi connectivity index (χ3v) is 8.30. The minimum Gasteiger partial charge on any atom is -0.492 e. The van der Waals surface area contributed by atoms with Gasteiger partial charge in [-0.25, -0.2) is 9.97 Å². The Morgan fingerprint density at radius 3 is 2.54 bits per heavy atom. The van der Waals surface area contributed by atoms with Gasteiger partial charge in [0.2, 0.25) is 0 Å². The molecule has 9 heteroatoms. The minimum atomic E-state index is -0.303. The average molecular weight is 553 g/mol. The molecular weight excluding hydrogens is 528 g/mol. The van der Waals surface area contributed by atoms with Crippen molar-refractivity contribution in [3.63, 3.8) is 0 Å². The van der Waals surface area contributed by atoms with Crippen molar-refractivity contribution in [1.29, 1.82) is 0 Å². The largest absolute Gasteiger partial charge is 0.492 e. The van der Waals surface area contributed by atoms with E-state index in [9.17, 15) is 9.59 Å². The van der Waals surface area contributed by atoms with E-state index in [1.54, 1.807) is 10.6 Å². The summed E-state index contributed by atoms with van der Waals surface area (Å²) in [4.78, 5) is 40.4. The van der Waals surface area contributed by atoms with Crippen molar-refractivity contribution in [1.82, 2.24) is 19.5 Å². The topological polar surface area (TPSA) is 89.9 Å². The van der Waals surface area contributed by atoms with Gasteiger partial charge in [0.05, 0.1) is 33.8 Å². The summed E-state index contributed by atoms with van der Waals surface area (Å²) in [7, 11) is 0. The number of benzene rings is 3. The zero-order valence-corrected chi connectivity index (χ0v) is 22.9. The molecule has 6 aromatic rings. The molecule has 0 spiro atoms. The highest BCUT2D eigenvalue weighted by molar-refractivity contribution is 7.99. The molecule has 194 valence electrons. The van der Waals surface area contributed by atoms with E-state index in [0.29, 0.717) is 50.1 Å². The summed E-state index contributed by atoms with van der Waals surface area (Å²) < 4.78 is 7.44. The first-order valence-corrected chi connectivity index (χ1v) is 14.3. The van der Waals surface area contributed by atoms with E-state index in [1.165, 1.54) is 23.1 Å². The number of fused-ring (bicyclic) bond motifs is 2. The van der Waals surface area contributed by atoms with Crippen molar-refractivity contribution in [3.05, 3.63) is 111 Å². The van der Waals surface area contributed by atoms with E-state index in [0.717, 1.165) is 11.1 Å². The Kier molecular flexibility index (Phi) is 6.76. The maximum Gasteiger partial charge on any atom is 0.266 e. The van der Waals surface area contributed by atoms with E-state index in [-0.39, 0.29) is 16.4 Å². The predicted molar refractivity (Wildman–Crippen MR) is 158 cm³/mol. The van der Waals surface area contributed by atoms with E-state index in [1.807, 2.05) is 92.0 Å². The molecule has 0 saturated carbocycles. The van der Waals surface area contributed by atoms with Crippen LogP contribution in [0.5, 0.6) is 5.75 Å². The number of H-pyrrole nitrogens is 1. The zero-order valence-electron chi connectivity index (χ0n) is 21.3. The summed E-state index contributed by atoms with van der Waals surface area (Å²) in [5.74, 6) is 1.11. The SMILES string of the molecule is CCOc1ccccc1-n1c(S[C@H](C)c2nc3scc(-c4ccccc4)c3c(=O)[nH]2)nc2ccccc2c1=O. The van der Waals surface area contributed by atoms with Crippen molar-refractivity contribution in [2.24, 2.45) is 0 Å². The van der Waals surface area contributed by atoms with Crippen LogP contribution >= 0.6 is 23.1 Å². The molecule has 0 unspecified atom stereocenters. The molecule has 39 heavy (non-hydrogen) atoms. The average Bonchev–Trinajstić information content (AvgIpc) is 3.39. The normalized spacial score (nSPS) is 12.2. The molecule has 0 bridgehead atoms. The number of rotatable bonds is 7. The van der Waals surface area contributed by atoms with Gasteiger partial charge >= 0.3 is 0 Å². The third kappa shape index (κ3) is 4.64. The van der Waals surface area contributed by atoms with Crippen LogP contribution in [0.4, 0.5) is 0 Å². The Morgan fingerprint density at radius 1 is 0.974 bits per heavy atom. The summed E-state index contributed by atoms with van der Waals surface area (Å²) in [5.41, 5.74) is 2.68. The molecule has 7 nitrogen and oxygen atoms in total. The van der Waals surface area contributed by atoms with Crippen LogP contribution in [0.15, 0.2) is 99.0 Å². The number of thiophene rings is 1. The fraction of sp³-hybridized carbons (Fsp3) is 0.133. The number of aromatic amines is 1. The van der Waals surface area contributed by atoms with Crippen LogP contribution in [0.2, 0.25) is 0 Å². The fourth-order valence-electron chi connectivity index (χ4n) is 4.53. The molecule has 3 heterocycles. The lowest BCUT2D eigenvalue weighted by Crippen LogP contribution is -2.23. The highest BCUT2D eigenvalue weighted by atomic mass is 32.2. The molecule has 0 aliphatic rings. The number of para-hydroxylation sites is 3. The molecule has 3 aromatic carbocycles. The van der Waals surface area contributed by atoms with Crippen LogP contribution in [0.3, 0.4) is 0 Å². The van der Waals surface area contributed by atoms with Gasteiger partial charge in [0.1, 0.15) is 16.4 Å². The fourth-order valence-corrected chi connectivity index (χ4v) is 6.46. The second kappa shape index (κ2) is 10.5. The quantitative estimate of drug-likeness (QED) is 0.177. The van der Waals surface area contributed by atoms with E-state index in [2.05, 4.69) is 4.98 Å². The maximum absolute atomic E-state index is 13.8. The van der Waals surface area contributed by atoms with Crippen LogP contribution in [0.1, 0.15) is 24.9 Å². The van der Waals surface area contributed by atoms with Crippen molar-refractivity contribution in [2.45, 2.75) is 24.3 Å². The number of nitrogens with zero attached hydrogens (tertiary/aromatic N) is 3. The number of hydrogen-bond donors (Lipinski definition) is 1. The van der Waals surface area contributed by atoms with Gasteiger partial charge in [0, 0.05) is 10.9 Å². The zero-order chi connectivity index (χ0) is 26.9. The summed E-state index contributed by atoms with van der Waals surface area (Å²) in [6, 6.07) is 24.5. The molecule has 0 saturated heterocycles.